The molecule has 1 aromatic carbocycles. The number of fused-ring (bicyclic) bond motifs is 1. The first kappa shape index (κ1) is 27.1. The molecule has 208 valence electrons. The van der Waals surface area contributed by atoms with E-state index in [1.54, 1.807) is 49.8 Å². The van der Waals surface area contributed by atoms with Gasteiger partial charge in [0.2, 0.25) is 5.91 Å². The van der Waals surface area contributed by atoms with E-state index in [1.807, 2.05) is 24.0 Å². The second-order valence-electron chi connectivity index (χ2n) is 9.82. The summed E-state index contributed by atoms with van der Waals surface area (Å²) in [6.45, 7) is 3.89. The molecule has 3 N–H and O–H groups in total. The number of benzene rings is 1. The lowest BCUT2D eigenvalue weighted by Gasteiger charge is -2.33. The Balaban J connectivity index is 1.26. The quantitative estimate of drug-likeness (QED) is 0.248. The van der Waals surface area contributed by atoms with E-state index in [2.05, 4.69) is 30.8 Å². The molecule has 1 atom stereocenters. The molecule has 40 heavy (non-hydrogen) atoms. The standard InChI is InChI=1S/C29H33N7O4/c1-19-11-13-30-24(17-19)33-29(38)20-7-9-22(10-8-20)40-23-12-14-31-27-26(23)28(35-34-27)32-21-5-3-15-36(18-21)25(37)6-4-16-39-2/h7-14,17,21H,3-6,15-16,18H2,1-2H3,(H,30,33,38)(H2,31,32,34,35). The summed E-state index contributed by atoms with van der Waals surface area (Å²) in [7, 11) is 1.64. The predicted molar refractivity (Wildman–Crippen MR) is 152 cm³/mol. The molecule has 2 amide bonds. The van der Waals surface area contributed by atoms with Crippen LogP contribution in [0.1, 0.15) is 41.6 Å². The summed E-state index contributed by atoms with van der Waals surface area (Å²) in [6, 6.07) is 12.4. The average molecular weight is 544 g/mol. The molecule has 4 heterocycles. The number of H-pyrrole nitrogens is 1. The van der Waals surface area contributed by atoms with E-state index >= 15 is 0 Å². The first-order valence-corrected chi connectivity index (χ1v) is 13.4. The maximum Gasteiger partial charge on any atom is 0.256 e. The van der Waals surface area contributed by atoms with E-state index in [0.29, 0.717) is 53.9 Å². The number of carbonyl (C=O) groups is 2. The Labute approximate surface area is 232 Å². The van der Waals surface area contributed by atoms with E-state index in [1.165, 1.54) is 0 Å². The monoisotopic (exact) mass is 543 g/mol. The summed E-state index contributed by atoms with van der Waals surface area (Å²) < 4.78 is 11.3. The fraction of sp³-hybridized carbons (Fsp3) is 0.345. The molecule has 0 bridgehead atoms. The number of anilines is 2. The van der Waals surface area contributed by atoms with Crippen molar-refractivity contribution in [3.63, 3.8) is 0 Å². The Bertz CT molecular complexity index is 1470. The van der Waals surface area contributed by atoms with Crippen LogP contribution in [-0.4, -0.2) is 69.7 Å². The first-order chi connectivity index (χ1) is 19.5. The largest absolute Gasteiger partial charge is 0.456 e. The van der Waals surface area contributed by atoms with Crippen LogP contribution in [0, 0.1) is 6.92 Å². The summed E-state index contributed by atoms with van der Waals surface area (Å²) >= 11 is 0. The zero-order chi connectivity index (χ0) is 27.9. The molecule has 3 aromatic heterocycles. The number of aromatic nitrogens is 4. The molecule has 0 saturated carbocycles. The van der Waals surface area contributed by atoms with Crippen molar-refractivity contribution in [3.8, 4) is 11.5 Å². The summed E-state index contributed by atoms with van der Waals surface area (Å²) in [5, 5.41) is 14.4. The van der Waals surface area contributed by atoms with Crippen LogP contribution >= 0.6 is 0 Å². The van der Waals surface area contributed by atoms with Gasteiger partial charge in [-0.15, -0.1) is 0 Å². The predicted octanol–water partition coefficient (Wildman–Crippen LogP) is 4.54. The van der Waals surface area contributed by atoms with Gasteiger partial charge in [-0.2, -0.15) is 5.10 Å². The maximum atomic E-state index is 12.6. The topological polar surface area (TPSA) is 134 Å². The minimum Gasteiger partial charge on any atom is -0.456 e. The number of amides is 2. The number of nitrogens with one attached hydrogen (secondary N) is 3. The maximum absolute atomic E-state index is 12.6. The minimum absolute atomic E-state index is 0.0559. The first-order valence-electron chi connectivity index (χ1n) is 13.4. The van der Waals surface area contributed by atoms with Crippen molar-refractivity contribution >= 4 is 34.5 Å². The van der Waals surface area contributed by atoms with Crippen molar-refractivity contribution in [3.05, 3.63) is 66.0 Å². The minimum atomic E-state index is -0.254. The highest BCUT2D eigenvalue weighted by molar-refractivity contribution is 6.03. The van der Waals surface area contributed by atoms with Gasteiger partial charge in [0, 0.05) is 63.3 Å². The van der Waals surface area contributed by atoms with E-state index < -0.39 is 0 Å². The molecule has 1 fully saturated rings. The lowest BCUT2D eigenvalue weighted by molar-refractivity contribution is -0.132. The number of piperidine rings is 1. The zero-order valence-corrected chi connectivity index (χ0v) is 22.6. The molecule has 11 nitrogen and oxygen atoms in total. The number of aryl methyl sites for hydroxylation is 1. The van der Waals surface area contributed by atoms with Gasteiger partial charge in [-0.1, -0.05) is 0 Å². The van der Waals surface area contributed by atoms with Gasteiger partial charge in [0.1, 0.15) is 22.7 Å². The number of pyridine rings is 2. The molecule has 0 spiro atoms. The summed E-state index contributed by atoms with van der Waals surface area (Å²) in [6.07, 6.45) is 6.35. The van der Waals surface area contributed by atoms with Crippen LogP contribution in [0.4, 0.5) is 11.6 Å². The van der Waals surface area contributed by atoms with Crippen LogP contribution in [0.5, 0.6) is 11.5 Å². The molecule has 11 heteroatoms. The lowest BCUT2D eigenvalue weighted by atomic mass is 10.0. The number of nitrogens with zero attached hydrogens (tertiary/aromatic N) is 4. The van der Waals surface area contributed by atoms with Crippen molar-refractivity contribution in [1.82, 2.24) is 25.1 Å². The van der Waals surface area contributed by atoms with E-state index in [-0.39, 0.29) is 17.9 Å². The SMILES string of the molecule is COCCCC(=O)N1CCCC(Nc2n[nH]c3nccc(Oc4ccc(C(=O)Nc5cc(C)ccn5)cc4)c23)C1. The second kappa shape index (κ2) is 12.6. The number of ether oxygens (including phenoxy) is 2. The van der Waals surface area contributed by atoms with Crippen LogP contribution in [0.25, 0.3) is 11.0 Å². The van der Waals surface area contributed by atoms with Gasteiger partial charge in [0.05, 0.1) is 0 Å². The molecule has 1 aliphatic rings. The third-order valence-corrected chi connectivity index (χ3v) is 6.78. The molecule has 1 unspecified atom stereocenters. The van der Waals surface area contributed by atoms with Gasteiger partial charge in [0.25, 0.3) is 5.91 Å². The van der Waals surface area contributed by atoms with Gasteiger partial charge in [-0.05, 0) is 68.1 Å². The van der Waals surface area contributed by atoms with Crippen LogP contribution in [0.15, 0.2) is 54.9 Å². The molecule has 4 aromatic rings. The van der Waals surface area contributed by atoms with Gasteiger partial charge in [-0.25, -0.2) is 9.97 Å². The molecule has 5 rings (SSSR count). The average Bonchev–Trinajstić information content (AvgIpc) is 3.37. The van der Waals surface area contributed by atoms with Gasteiger partial charge in [0.15, 0.2) is 11.5 Å². The van der Waals surface area contributed by atoms with Gasteiger partial charge >= 0.3 is 0 Å². The van der Waals surface area contributed by atoms with Crippen LogP contribution in [0.3, 0.4) is 0 Å². The Kier molecular flexibility index (Phi) is 8.50. The summed E-state index contributed by atoms with van der Waals surface area (Å²) in [4.78, 5) is 35.8. The number of carbonyl (C=O) groups excluding carboxylic acids is 2. The lowest BCUT2D eigenvalue weighted by Crippen LogP contribution is -2.45. The summed E-state index contributed by atoms with van der Waals surface area (Å²) in [5.74, 6) is 2.16. The van der Waals surface area contributed by atoms with Crippen LogP contribution in [-0.2, 0) is 9.53 Å². The van der Waals surface area contributed by atoms with Crippen molar-refractivity contribution in [1.29, 1.82) is 0 Å². The zero-order valence-electron chi connectivity index (χ0n) is 22.6. The number of methoxy groups -OCH3 is 1. The molecule has 1 saturated heterocycles. The smallest absolute Gasteiger partial charge is 0.256 e. The van der Waals surface area contributed by atoms with Crippen LogP contribution in [0.2, 0.25) is 0 Å². The number of hydrogen-bond acceptors (Lipinski definition) is 8. The van der Waals surface area contributed by atoms with E-state index in [4.69, 9.17) is 9.47 Å². The third-order valence-electron chi connectivity index (χ3n) is 6.78. The highest BCUT2D eigenvalue weighted by Crippen LogP contribution is 2.33. The molecule has 0 aliphatic carbocycles. The molecular formula is C29H33N7O4. The number of hydrogen-bond donors (Lipinski definition) is 3. The fourth-order valence-corrected chi connectivity index (χ4v) is 4.75. The normalized spacial score (nSPS) is 15.2. The Morgan fingerprint density at radius 1 is 1.12 bits per heavy atom. The second-order valence-corrected chi connectivity index (χ2v) is 9.82. The van der Waals surface area contributed by atoms with Crippen molar-refractivity contribution in [2.45, 2.75) is 38.6 Å². The number of aromatic amines is 1. The highest BCUT2D eigenvalue weighted by Gasteiger charge is 2.25. The third kappa shape index (κ3) is 6.55. The molecule has 0 radical (unpaired) electrons. The van der Waals surface area contributed by atoms with Crippen molar-refractivity contribution < 1.29 is 19.1 Å². The highest BCUT2D eigenvalue weighted by atomic mass is 16.5. The number of rotatable bonds is 10. The van der Waals surface area contributed by atoms with E-state index in [9.17, 15) is 9.59 Å². The number of likely N-dealkylation sites (tertiary alicyclic amines) is 1. The van der Waals surface area contributed by atoms with Gasteiger partial charge < -0.3 is 25.0 Å². The molecule has 1 aliphatic heterocycles. The Hall–Kier alpha value is -4.51. The Morgan fingerprint density at radius 3 is 2.75 bits per heavy atom. The molecular weight excluding hydrogens is 510 g/mol. The van der Waals surface area contributed by atoms with Crippen molar-refractivity contribution in [2.75, 3.05) is 37.4 Å². The Morgan fingerprint density at radius 2 is 1.95 bits per heavy atom. The fourth-order valence-electron chi connectivity index (χ4n) is 4.75. The van der Waals surface area contributed by atoms with Gasteiger partial charge in [-0.3, -0.25) is 14.7 Å². The van der Waals surface area contributed by atoms with Crippen LogP contribution < -0.4 is 15.4 Å². The van der Waals surface area contributed by atoms with E-state index in [0.717, 1.165) is 36.8 Å². The summed E-state index contributed by atoms with van der Waals surface area (Å²) in [5.41, 5.74) is 2.09. The van der Waals surface area contributed by atoms with Crippen molar-refractivity contribution in [2.24, 2.45) is 0 Å².